The Labute approximate surface area is 140 Å². The number of benzene rings is 1. The molecule has 2 rings (SSSR count). The van der Waals surface area contributed by atoms with Crippen molar-refractivity contribution in [3.05, 3.63) is 29.3 Å². The molecule has 0 unspecified atom stereocenters. The van der Waals surface area contributed by atoms with Crippen LogP contribution in [0.1, 0.15) is 26.2 Å². The summed E-state index contributed by atoms with van der Waals surface area (Å²) in [5.41, 5.74) is -1.29. The first-order valence-corrected chi connectivity index (χ1v) is 9.23. The van der Waals surface area contributed by atoms with Crippen LogP contribution in [0.2, 0.25) is 5.02 Å². The SMILES string of the molecule is CCC[C@]1(C(=O)O)CCN(S(=O)(=O)c2ccccc2Cl)C[C@@H]1O. The molecule has 1 aromatic carbocycles. The van der Waals surface area contributed by atoms with E-state index in [9.17, 15) is 23.4 Å². The molecule has 1 fully saturated rings. The number of hydrogen-bond acceptors (Lipinski definition) is 4. The number of nitrogens with zero attached hydrogens (tertiary/aromatic N) is 1. The number of piperidine rings is 1. The van der Waals surface area contributed by atoms with E-state index in [4.69, 9.17) is 11.6 Å². The summed E-state index contributed by atoms with van der Waals surface area (Å²) in [7, 11) is -3.87. The van der Waals surface area contributed by atoms with Crippen molar-refractivity contribution in [1.82, 2.24) is 4.31 Å². The fourth-order valence-corrected chi connectivity index (χ4v) is 5.00. The van der Waals surface area contributed by atoms with Crippen LogP contribution in [0, 0.1) is 5.41 Å². The highest BCUT2D eigenvalue weighted by Gasteiger charge is 2.50. The summed E-state index contributed by atoms with van der Waals surface area (Å²) in [6.07, 6.45) is -0.281. The van der Waals surface area contributed by atoms with E-state index in [1.165, 1.54) is 12.1 Å². The standard InChI is InChI=1S/C15H20ClNO5S/c1-2-7-15(14(19)20)8-9-17(10-13(15)18)23(21,22)12-6-4-3-5-11(12)16/h3-6,13,18H,2,7-10H2,1H3,(H,19,20)/t13-,15-/m0/s1. The van der Waals surface area contributed by atoms with E-state index in [2.05, 4.69) is 0 Å². The highest BCUT2D eigenvalue weighted by molar-refractivity contribution is 7.89. The Kier molecular flexibility index (Phi) is 5.35. The topological polar surface area (TPSA) is 94.9 Å². The molecule has 1 aliphatic rings. The minimum Gasteiger partial charge on any atom is -0.481 e. The van der Waals surface area contributed by atoms with E-state index >= 15 is 0 Å². The average Bonchev–Trinajstić information content (AvgIpc) is 2.49. The molecule has 2 atom stereocenters. The van der Waals surface area contributed by atoms with Gasteiger partial charge in [-0.2, -0.15) is 4.31 Å². The van der Waals surface area contributed by atoms with E-state index in [-0.39, 0.29) is 29.4 Å². The van der Waals surface area contributed by atoms with Crippen molar-refractivity contribution < 1.29 is 23.4 Å². The maximum Gasteiger partial charge on any atom is 0.312 e. The summed E-state index contributed by atoms with van der Waals surface area (Å²) in [5.74, 6) is -1.08. The highest BCUT2D eigenvalue weighted by atomic mass is 35.5. The molecular formula is C15H20ClNO5S. The number of carboxylic acid groups (broad SMARTS) is 1. The van der Waals surface area contributed by atoms with Gasteiger partial charge in [0, 0.05) is 13.1 Å². The minimum atomic E-state index is -3.87. The zero-order valence-electron chi connectivity index (χ0n) is 12.8. The molecule has 1 saturated heterocycles. The van der Waals surface area contributed by atoms with Gasteiger partial charge in [-0.1, -0.05) is 37.1 Å². The molecule has 2 N–H and O–H groups in total. The average molecular weight is 362 g/mol. The molecule has 0 saturated carbocycles. The van der Waals surface area contributed by atoms with Crippen molar-refractivity contribution in [1.29, 1.82) is 0 Å². The van der Waals surface area contributed by atoms with E-state index in [0.29, 0.717) is 12.8 Å². The first-order valence-electron chi connectivity index (χ1n) is 7.42. The lowest BCUT2D eigenvalue weighted by Crippen LogP contribution is -2.55. The van der Waals surface area contributed by atoms with Crippen LogP contribution < -0.4 is 0 Å². The summed E-state index contributed by atoms with van der Waals surface area (Å²) in [4.78, 5) is 11.6. The Morgan fingerprint density at radius 1 is 1.43 bits per heavy atom. The number of rotatable bonds is 5. The summed E-state index contributed by atoms with van der Waals surface area (Å²) in [6, 6.07) is 6.07. The van der Waals surface area contributed by atoms with Crippen LogP contribution in [0.3, 0.4) is 0 Å². The lowest BCUT2D eigenvalue weighted by atomic mass is 9.73. The molecule has 0 aliphatic carbocycles. The third kappa shape index (κ3) is 3.24. The van der Waals surface area contributed by atoms with Gasteiger partial charge < -0.3 is 10.2 Å². The molecule has 0 spiro atoms. The molecule has 23 heavy (non-hydrogen) atoms. The number of β-amino-alcohol motifs (C(OH)–C–C–N with tert-alkyl or cyclic N) is 1. The second kappa shape index (κ2) is 6.76. The first-order chi connectivity index (χ1) is 10.8. The van der Waals surface area contributed by atoms with Crippen molar-refractivity contribution >= 4 is 27.6 Å². The van der Waals surface area contributed by atoms with Crippen LogP contribution in [-0.2, 0) is 14.8 Å². The number of hydrogen-bond donors (Lipinski definition) is 2. The highest BCUT2D eigenvalue weighted by Crippen LogP contribution is 2.39. The molecule has 0 radical (unpaired) electrons. The zero-order chi connectivity index (χ0) is 17.3. The fraction of sp³-hybridized carbons (Fsp3) is 0.533. The predicted octanol–water partition coefficient (Wildman–Crippen LogP) is 1.97. The molecule has 1 aromatic rings. The summed E-state index contributed by atoms with van der Waals surface area (Å²) >= 11 is 5.96. The summed E-state index contributed by atoms with van der Waals surface area (Å²) in [6.45, 7) is 1.63. The maximum atomic E-state index is 12.7. The number of aliphatic hydroxyl groups excluding tert-OH is 1. The second-order valence-electron chi connectivity index (χ2n) is 5.77. The van der Waals surface area contributed by atoms with Gasteiger partial charge in [0.1, 0.15) is 4.90 Å². The number of halogens is 1. The van der Waals surface area contributed by atoms with Gasteiger partial charge in [0.15, 0.2) is 0 Å². The number of sulfonamides is 1. The van der Waals surface area contributed by atoms with E-state index in [1.54, 1.807) is 12.1 Å². The van der Waals surface area contributed by atoms with Crippen molar-refractivity contribution in [3.63, 3.8) is 0 Å². The molecule has 128 valence electrons. The third-order valence-corrected chi connectivity index (χ3v) is 6.76. The van der Waals surface area contributed by atoms with Gasteiger partial charge in [0.25, 0.3) is 0 Å². The van der Waals surface area contributed by atoms with Crippen LogP contribution in [-0.4, -0.2) is 48.1 Å². The van der Waals surface area contributed by atoms with E-state index < -0.39 is 27.5 Å². The number of aliphatic carboxylic acids is 1. The van der Waals surface area contributed by atoms with E-state index in [0.717, 1.165) is 4.31 Å². The van der Waals surface area contributed by atoms with Crippen molar-refractivity contribution in [2.75, 3.05) is 13.1 Å². The summed E-state index contributed by atoms with van der Waals surface area (Å²) in [5, 5.41) is 19.9. The smallest absolute Gasteiger partial charge is 0.312 e. The Balaban J connectivity index is 2.29. The maximum absolute atomic E-state index is 12.7. The Morgan fingerprint density at radius 2 is 2.09 bits per heavy atom. The lowest BCUT2D eigenvalue weighted by molar-refractivity contribution is -0.162. The summed E-state index contributed by atoms with van der Waals surface area (Å²) < 4.78 is 26.5. The number of carbonyl (C=O) groups is 1. The van der Waals surface area contributed by atoms with E-state index in [1.807, 2.05) is 6.92 Å². The largest absolute Gasteiger partial charge is 0.481 e. The molecule has 8 heteroatoms. The molecule has 1 heterocycles. The molecule has 0 amide bonds. The number of aliphatic hydroxyl groups is 1. The quantitative estimate of drug-likeness (QED) is 0.836. The van der Waals surface area contributed by atoms with Gasteiger partial charge in [-0.05, 0) is 25.0 Å². The lowest BCUT2D eigenvalue weighted by Gasteiger charge is -2.42. The Bertz CT molecular complexity index is 693. The monoisotopic (exact) mass is 361 g/mol. The normalized spacial score (nSPS) is 26.1. The van der Waals surface area contributed by atoms with Crippen LogP contribution in [0.5, 0.6) is 0 Å². The molecule has 0 bridgehead atoms. The van der Waals surface area contributed by atoms with Gasteiger partial charge in [-0.3, -0.25) is 4.79 Å². The molecule has 6 nitrogen and oxygen atoms in total. The Hall–Kier alpha value is -1.15. The van der Waals surface area contributed by atoms with Gasteiger partial charge >= 0.3 is 5.97 Å². The molecule has 0 aromatic heterocycles. The van der Waals surface area contributed by atoms with Gasteiger partial charge in [0.2, 0.25) is 10.0 Å². The van der Waals surface area contributed by atoms with Gasteiger partial charge in [0.05, 0.1) is 16.5 Å². The van der Waals surface area contributed by atoms with Crippen molar-refractivity contribution in [3.8, 4) is 0 Å². The van der Waals surface area contributed by atoms with Crippen LogP contribution in [0.15, 0.2) is 29.2 Å². The first kappa shape index (κ1) is 18.2. The third-order valence-electron chi connectivity index (χ3n) is 4.40. The number of carboxylic acids is 1. The van der Waals surface area contributed by atoms with Crippen LogP contribution >= 0.6 is 11.6 Å². The zero-order valence-corrected chi connectivity index (χ0v) is 14.3. The minimum absolute atomic E-state index is 0.0350. The van der Waals surface area contributed by atoms with Crippen LogP contribution in [0.4, 0.5) is 0 Å². The molecule has 1 aliphatic heterocycles. The fourth-order valence-electron chi connectivity index (χ4n) is 3.06. The predicted molar refractivity (Wildman–Crippen MR) is 85.8 cm³/mol. The molecular weight excluding hydrogens is 342 g/mol. The Morgan fingerprint density at radius 3 is 2.61 bits per heavy atom. The second-order valence-corrected chi connectivity index (χ2v) is 8.08. The van der Waals surface area contributed by atoms with Crippen LogP contribution in [0.25, 0.3) is 0 Å². The van der Waals surface area contributed by atoms with Gasteiger partial charge in [-0.15, -0.1) is 0 Å². The van der Waals surface area contributed by atoms with Crippen molar-refractivity contribution in [2.24, 2.45) is 5.41 Å². The van der Waals surface area contributed by atoms with Crippen molar-refractivity contribution in [2.45, 2.75) is 37.2 Å². The van der Waals surface area contributed by atoms with Gasteiger partial charge in [-0.25, -0.2) is 8.42 Å².